The number of rotatable bonds is 8. The van der Waals surface area contributed by atoms with Crippen molar-refractivity contribution >= 4 is 28.2 Å². The third-order valence-corrected chi connectivity index (χ3v) is 6.50. The monoisotopic (exact) mass is 474 g/mol. The maximum atomic E-state index is 12.8. The Kier molecular flexibility index (Phi) is 6.42. The standard InChI is InChI=1S/C24H21F3N2O3S/c1-15-21(33-23(28-15)16-7-9-17(10-8-16)24(25,26)27)6-3-13-32-20-5-2-4-19-18(20)11-12-29(19)14-22(30)31/h2,4-5,7-12H,3,6,13-14H2,1H3,(H,30,31). The molecule has 0 saturated carbocycles. The number of carboxylic acid groups (broad SMARTS) is 1. The molecule has 0 aliphatic heterocycles. The Morgan fingerprint density at radius 2 is 1.91 bits per heavy atom. The van der Waals surface area contributed by atoms with Crippen LogP contribution < -0.4 is 4.74 Å². The van der Waals surface area contributed by atoms with Crippen molar-refractivity contribution in [3.63, 3.8) is 0 Å². The Morgan fingerprint density at radius 3 is 2.61 bits per heavy atom. The van der Waals surface area contributed by atoms with Gasteiger partial charge in [-0.2, -0.15) is 13.2 Å². The first-order valence-electron chi connectivity index (χ1n) is 10.3. The smallest absolute Gasteiger partial charge is 0.416 e. The molecule has 0 unspecified atom stereocenters. The highest BCUT2D eigenvalue weighted by Gasteiger charge is 2.30. The Hall–Kier alpha value is -3.33. The maximum absolute atomic E-state index is 12.8. The summed E-state index contributed by atoms with van der Waals surface area (Å²) < 4.78 is 45.9. The second kappa shape index (κ2) is 9.27. The van der Waals surface area contributed by atoms with E-state index in [1.807, 2.05) is 31.2 Å². The van der Waals surface area contributed by atoms with Crippen LogP contribution in [0.1, 0.15) is 22.6 Å². The highest BCUT2D eigenvalue weighted by molar-refractivity contribution is 7.15. The van der Waals surface area contributed by atoms with E-state index in [9.17, 15) is 18.0 Å². The van der Waals surface area contributed by atoms with Gasteiger partial charge in [-0.05, 0) is 50.1 Å². The van der Waals surface area contributed by atoms with Gasteiger partial charge in [-0.3, -0.25) is 4.79 Å². The molecule has 4 aromatic rings. The van der Waals surface area contributed by atoms with Crippen LogP contribution in [0.4, 0.5) is 13.2 Å². The number of hydrogen-bond donors (Lipinski definition) is 1. The second-order valence-corrected chi connectivity index (χ2v) is 8.66. The number of alkyl halides is 3. The summed E-state index contributed by atoms with van der Waals surface area (Å²) >= 11 is 1.48. The predicted molar refractivity (Wildman–Crippen MR) is 121 cm³/mol. The van der Waals surface area contributed by atoms with Crippen molar-refractivity contribution in [2.75, 3.05) is 6.61 Å². The van der Waals surface area contributed by atoms with Crippen molar-refractivity contribution in [2.24, 2.45) is 0 Å². The summed E-state index contributed by atoms with van der Waals surface area (Å²) in [6.07, 6.45) is -1.15. The Bertz CT molecular complexity index is 1280. The van der Waals surface area contributed by atoms with Crippen LogP contribution in [0, 0.1) is 6.92 Å². The van der Waals surface area contributed by atoms with E-state index in [0.29, 0.717) is 22.9 Å². The van der Waals surface area contributed by atoms with Gasteiger partial charge in [0.1, 0.15) is 17.3 Å². The predicted octanol–water partition coefficient (Wildman–Crippen LogP) is 6.19. The highest BCUT2D eigenvalue weighted by atomic mass is 32.1. The molecule has 172 valence electrons. The van der Waals surface area contributed by atoms with E-state index in [4.69, 9.17) is 9.84 Å². The van der Waals surface area contributed by atoms with Crippen molar-refractivity contribution in [3.8, 4) is 16.3 Å². The molecule has 9 heteroatoms. The summed E-state index contributed by atoms with van der Waals surface area (Å²) in [6, 6.07) is 12.4. The largest absolute Gasteiger partial charge is 0.493 e. The van der Waals surface area contributed by atoms with Gasteiger partial charge >= 0.3 is 12.1 Å². The Balaban J connectivity index is 1.38. The van der Waals surface area contributed by atoms with Gasteiger partial charge in [0.05, 0.1) is 23.4 Å². The van der Waals surface area contributed by atoms with Crippen LogP contribution in [0.2, 0.25) is 0 Å². The zero-order chi connectivity index (χ0) is 23.6. The van der Waals surface area contributed by atoms with Gasteiger partial charge in [0.25, 0.3) is 0 Å². The van der Waals surface area contributed by atoms with Crippen LogP contribution in [0.3, 0.4) is 0 Å². The number of nitrogens with zero attached hydrogens (tertiary/aromatic N) is 2. The van der Waals surface area contributed by atoms with Crippen LogP contribution in [0.25, 0.3) is 21.5 Å². The fourth-order valence-corrected chi connectivity index (χ4v) is 4.71. The van der Waals surface area contributed by atoms with E-state index in [-0.39, 0.29) is 6.54 Å². The van der Waals surface area contributed by atoms with Gasteiger partial charge < -0.3 is 14.4 Å². The number of aryl methyl sites for hydroxylation is 2. The molecule has 0 radical (unpaired) electrons. The summed E-state index contributed by atoms with van der Waals surface area (Å²) in [7, 11) is 0. The van der Waals surface area contributed by atoms with Crippen molar-refractivity contribution in [1.29, 1.82) is 0 Å². The van der Waals surface area contributed by atoms with Crippen LogP contribution in [0.15, 0.2) is 54.7 Å². The molecule has 2 heterocycles. The number of hydrogen-bond acceptors (Lipinski definition) is 4. The lowest BCUT2D eigenvalue weighted by Gasteiger charge is -2.08. The Morgan fingerprint density at radius 1 is 1.15 bits per heavy atom. The second-order valence-electron chi connectivity index (χ2n) is 7.58. The number of fused-ring (bicyclic) bond motifs is 1. The molecule has 5 nitrogen and oxygen atoms in total. The molecule has 0 fully saturated rings. The molecule has 0 bridgehead atoms. The van der Waals surface area contributed by atoms with Gasteiger partial charge in [0.15, 0.2) is 0 Å². The zero-order valence-corrected chi connectivity index (χ0v) is 18.5. The minimum absolute atomic E-state index is 0.112. The minimum Gasteiger partial charge on any atom is -0.493 e. The van der Waals surface area contributed by atoms with Crippen molar-refractivity contribution in [3.05, 3.63) is 70.9 Å². The van der Waals surface area contributed by atoms with Crippen molar-refractivity contribution < 1.29 is 27.8 Å². The number of benzene rings is 2. The van der Waals surface area contributed by atoms with Crippen LogP contribution in [-0.4, -0.2) is 27.2 Å². The molecule has 33 heavy (non-hydrogen) atoms. The van der Waals surface area contributed by atoms with E-state index in [0.717, 1.165) is 46.4 Å². The fourth-order valence-electron chi connectivity index (χ4n) is 3.60. The van der Waals surface area contributed by atoms with Gasteiger partial charge in [0.2, 0.25) is 0 Å². The fraction of sp³-hybridized carbons (Fsp3) is 0.250. The summed E-state index contributed by atoms with van der Waals surface area (Å²) in [5.74, 6) is -0.211. The van der Waals surface area contributed by atoms with Crippen molar-refractivity contribution in [1.82, 2.24) is 9.55 Å². The molecule has 2 aromatic heterocycles. The lowest BCUT2D eigenvalue weighted by atomic mass is 10.1. The van der Waals surface area contributed by atoms with E-state index in [2.05, 4.69) is 4.98 Å². The van der Waals surface area contributed by atoms with Gasteiger partial charge in [-0.25, -0.2) is 4.98 Å². The highest BCUT2D eigenvalue weighted by Crippen LogP contribution is 2.33. The first-order valence-corrected chi connectivity index (χ1v) is 11.1. The molecule has 0 aliphatic rings. The molecule has 2 aromatic carbocycles. The average molecular weight is 475 g/mol. The molecule has 0 amide bonds. The number of ether oxygens (including phenoxy) is 1. The summed E-state index contributed by atoms with van der Waals surface area (Å²) in [5.41, 5.74) is 1.65. The molecule has 0 aliphatic carbocycles. The van der Waals surface area contributed by atoms with Crippen molar-refractivity contribution in [2.45, 2.75) is 32.5 Å². The third kappa shape index (κ3) is 5.19. The van der Waals surface area contributed by atoms with E-state index in [1.165, 1.54) is 23.5 Å². The summed E-state index contributed by atoms with van der Waals surface area (Å²) in [6.45, 7) is 2.25. The Labute approximate surface area is 192 Å². The molecule has 0 atom stereocenters. The average Bonchev–Trinajstić information content (AvgIpc) is 3.34. The molecule has 1 N–H and O–H groups in total. The molecule has 0 saturated heterocycles. The van der Waals surface area contributed by atoms with Gasteiger partial charge in [0, 0.05) is 22.0 Å². The zero-order valence-electron chi connectivity index (χ0n) is 17.7. The van der Waals surface area contributed by atoms with Crippen LogP contribution in [0.5, 0.6) is 5.75 Å². The lowest BCUT2D eigenvalue weighted by molar-refractivity contribution is -0.138. The lowest BCUT2D eigenvalue weighted by Crippen LogP contribution is -2.07. The molecule has 0 spiro atoms. The number of aliphatic carboxylic acids is 1. The topological polar surface area (TPSA) is 64.4 Å². The van der Waals surface area contributed by atoms with Crippen LogP contribution >= 0.6 is 11.3 Å². The molecule has 4 rings (SSSR count). The first kappa shape index (κ1) is 22.8. The summed E-state index contributed by atoms with van der Waals surface area (Å²) in [4.78, 5) is 16.6. The third-order valence-electron chi connectivity index (χ3n) is 5.24. The number of carboxylic acids is 1. The first-order chi connectivity index (χ1) is 15.7. The summed E-state index contributed by atoms with van der Waals surface area (Å²) in [5, 5.41) is 10.6. The normalized spacial score (nSPS) is 11.8. The van der Waals surface area contributed by atoms with Crippen LogP contribution in [-0.2, 0) is 23.9 Å². The SMILES string of the molecule is Cc1nc(-c2ccc(C(F)(F)F)cc2)sc1CCCOc1cccc2c1ccn2CC(=O)O. The maximum Gasteiger partial charge on any atom is 0.416 e. The minimum atomic E-state index is -4.36. The number of thiazole rings is 1. The molecular weight excluding hydrogens is 453 g/mol. The number of carbonyl (C=O) groups is 1. The van der Waals surface area contributed by atoms with E-state index < -0.39 is 17.7 Å². The molecular formula is C24H21F3N2O3S. The van der Waals surface area contributed by atoms with E-state index >= 15 is 0 Å². The quantitative estimate of drug-likeness (QED) is 0.309. The van der Waals surface area contributed by atoms with Gasteiger partial charge in [-0.1, -0.05) is 18.2 Å². The van der Waals surface area contributed by atoms with Gasteiger partial charge in [-0.15, -0.1) is 11.3 Å². The number of aromatic nitrogens is 2. The van der Waals surface area contributed by atoms with E-state index in [1.54, 1.807) is 10.8 Å². The number of halogens is 3.